The molecule has 0 spiro atoms. The zero-order valence-electron chi connectivity index (χ0n) is 10.2. The van der Waals surface area contributed by atoms with Gasteiger partial charge in [0.15, 0.2) is 5.84 Å². The molecule has 0 bridgehead atoms. The van der Waals surface area contributed by atoms with Gasteiger partial charge in [-0.2, -0.15) is 0 Å². The second-order valence-corrected chi connectivity index (χ2v) is 4.58. The molecule has 17 heavy (non-hydrogen) atoms. The van der Waals surface area contributed by atoms with E-state index >= 15 is 0 Å². The van der Waals surface area contributed by atoms with Gasteiger partial charge in [-0.05, 0) is 32.1 Å². The van der Waals surface area contributed by atoms with Crippen LogP contribution in [0.1, 0.15) is 32.1 Å². The largest absolute Gasteiger partial charge is 0.409 e. The van der Waals surface area contributed by atoms with Crippen molar-refractivity contribution in [2.24, 2.45) is 16.3 Å². The van der Waals surface area contributed by atoms with Crippen molar-refractivity contribution >= 4 is 11.7 Å². The molecule has 0 heterocycles. The molecule has 1 amide bonds. The standard InChI is InChI=1S/C11H21N3O3/c1-14(7-3-2-4-8-15)10(16)11(5-6-11)9(12)13-17/h15,17H,2-8H2,1H3,(H2,12,13). The normalized spacial score (nSPS) is 17.9. The van der Waals surface area contributed by atoms with Crippen molar-refractivity contribution in [2.45, 2.75) is 32.1 Å². The molecule has 6 heteroatoms. The van der Waals surface area contributed by atoms with Gasteiger partial charge >= 0.3 is 0 Å². The number of amidine groups is 1. The highest BCUT2D eigenvalue weighted by molar-refractivity contribution is 6.09. The number of oxime groups is 1. The minimum atomic E-state index is -0.750. The summed E-state index contributed by atoms with van der Waals surface area (Å²) in [5, 5.41) is 20.2. The lowest BCUT2D eigenvalue weighted by atomic mass is 10.0. The van der Waals surface area contributed by atoms with Gasteiger partial charge in [-0.15, -0.1) is 0 Å². The van der Waals surface area contributed by atoms with Crippen molar-refractivity contribution in [2.75, 3.05) is 20.2 Å². The topological polar surface area (TPSA) is 99.2 Å². The maximum absolute atomic E-state index is 12.1. The van der Waals surface area contributed by atoms with E-state index in [1.165, 1.54) is 0 Å². The molecule has 0 aromatic carbocycles. The van der Waals surface area contributed by atoms with Gasteiger partial charge in [-0.25, -0.2) is 0 Å². The Balaban J connectivity index is 2.42. The van der Waals surface area contributed by atoms with E-state index in [0.29, 0.717) is 19.4 Å². The maximum Gasteiger partial charge on any atom is 0.236 e. The van der Waals surface area contributed by atoms with E-state index in [4.69, 9.17) is 16.0 Å². The first-order valence-corrected chi connectivity index (χ1v) is 5.93. The average Bonchev–Trinajstić information content (AvgIpc) is 3.13. The van der Waals surface area contributed by atoms with Gasteiger partial charge < -0.3 is 20.9 Å². The first-order chi connectivity index (χ1) is 8.08. The molecule has 4 N–H and O–H groups in total. The van der Waals surface area contributed by atoms with Gasteiger partial charge in [-0.1, -0.05) is 5.16 Å². The quantitative estimate of drug-likeness (QED) is 0.195. The first-order valence-electron chi connectivity index (χ1n) is 5.93. The summed E-state index contributed by atoms with van der Waals surface area (Å²) in [5.41, 5.74) is 4.80. The zero-order valence-corrected chi connectivity index (χ0v) is 10.2. The van der Waals surface area contributed by atoms with Crippen LogP contribution in [0.25, 0.3) is 0 Å². The molecule has 0 aromatic heterocycles. The van der Waals surface area contributed by atoms with Gasteiger partial charge in [0.25, 0.3) is 0 Å². The average molecular weight is 243 g/mol. The summed E-state index contributed by atoms with van der Waals surface area (Å²) in [7, 11) is 1.73. The van der Waals surface area contributed by atoms with Crippen LogP contribution in [0.3, 0.4) is 0 Å². The number of carbonyl (C=O) groups is 1. The van der Waals surface area contributed by atoms with Crippen LogP contribution in [0.4, 0.5) is 0 Å². The van der Waals surface area contributed by atoms with E-state index in [1.807, 2.05) is 0 Å². The van der Waals surface area contributed by atoms with Crippen LogP contribution in [0.15, 0.2) is 5.16 Å². The van der Waals surface area contributed by atoms with E-state index in [9.17, 15) is 4.79 Å². The highest BCUT2D eigenvalue weighted by Gasteiger charge is 2.55. The van der Waals surface area contributed by atoms with Gasteiger partial charge in [-0.3, -0.25) is 4.79 Å². The molecule has 6 nitrogen and oxygen atoms in total. The second-order valence-electron chi connectivity index (χ2n) is 4.58. The summed E-state index contributed by atoms with van der Waals surface area (Å²) < 4.78 is 0. The third-order valence-electron chi connectivity index (χ3n) is 3.26. The molecule has 1 aliphatic rings. The molecule has 1 rings (SSSR count). The Morgan fingerprint density at radius 2 is 2.06 bits per heavy atom. The molecule has 1 saturated carbocycles. The highest BCUT2D eigenvalue weighted by atomic mass is 16.4. The van der Waals surface area contributed by atoms with Crippen molar-refractivity contribution in [3.8, 4) is 0 Å². The van der Waals surface area contributed by atoms with Crippen LogP contribution < -0.4 is 5.73 Å². The molecular weight excluding hydrogens is 222 g/mol. The minimum absolute atomic E-state index is 0.0182. The Morgan fingerprint density at radius 1 is 1.41 bits per heavy atom. The van der Waals surface area contributed by atoms with Crippen molar-refractivity contribution < 1.29 is 15.1 Å². The van der Waals surface area contributed by atoms with Gasteiger partial charge in [0.05, 0.1) is 0 Å². The highest BCUT2D eigenvalue weighted by Crippen LogP contribution is 2.47. The van der Waals surface area contributed by atoms with E-state index in [1.54, 1.807) is 11.9 Å². The number of aliphatic hydroxyl groups excluding tert-OH is 1. The lowest BCUT2D eigenvalue weighted by Gasteiger charge is -2.22. The van der Waals surface area contributed by atoms with Crippen LogP contribution in [0.5, 0.6) is 0 Å². The summed E-state index contributed by atoms with van der Waals surface area (Å²) >= 11 is 0. The van der Waals surface area contributed by atoms with Gasteiger partial charge in [0.1, 0.15) is 5.41 Å². The molecule has 0 radical (unpaired) electrons. The summed E-state index contributed by atoms with van der Waals surface area (Å²) in [6.45, 7) is 0.824. The lowest BCUT2D eigenvalue weighted by Crippen LogP contribution is -2.42. The van der Waals surface area contributed by atoms with Crippen LogP contribution in [0, 0.1) is 5.41 Å². The number of amides is 1. The monoisotopic (exact) mass is 243 g/mol. The molecule has 98 valence electrons. The minimum Gasteiger partial charge on any atom is -0.409 e. The van der Waals surface area contributed by atoms with Crippen LogP contribution in [-0.2, 0) is 4.79 Å². The summed E-state index contributed by atoms with van der Waals surface area (Å²) in [6.07, 6.45) is 3.82. The van der Waals surface area contributed by atoms with Crippen LogP contribution >= 0.6 is 0 Å². The number of aliphatic hydroxyl groups is 1. The Labute approximate surface area is 101 Å². The van der Waals surface area contributed by atoms with Crippen LogP contribution in [-0.4, -0.2) is 47.2 Å². The predicted molar refractivity (Wildman–Crippen MR) is 63.6 cm³/mol. The Kier molecular flexibility index (Phi) is 4.74. The number of hydrogen-bond acceptors (Lipinski definition) is 4. The number of rotatable bonds is 7. The number of hydrogen-bond donors (Lipinski definition) is 3. The zero-order chi connectivity index (χ0) is 12.9. The Morgan fingerprint density at radius 3 is 2.53 bits per heavy atom. The SMILES string of the molecule is CN(CCCCCO)C(=O)C1(C(N)=NO)CC1. The third kappa shape index (κ3) is 3.09. The van der Waals surface area contributed by atoms with Gasteiger partial charge in [0.2, 0.25) is 5.91 Å². The fourth-order valence-corrected chi connectivity index (χ4v) is 1.90. The molecule has 0 unspecified atom stereocenters. The Hall–Kier alpha value is -1.30. The number of nitrogens with zero attached hydrogens (tertiary/aromatic N) is 2. The van der Waals surface area contributed by atoms with E-state index in [-0.39, 0.29) is 18.3 Å². The number of nitrogens with two attached hydrogens (primary N) is 1. The number of carbonyl (C=O) groups excluding carboxylic acids is 1. The molecule has 1 aliphatic carbocycles. The lowest BCUT2D eigenvalue weighted by molar-refractivity contribution is -0.133. The summed E-state index contributed by atoms with van der Waals surface area (Å²) in [4.78, 5) is 13.7. The molecule has 1 fully saturated rings. The van der Waals surface area contributed by atoms with Crippen molar-refractivity contribution in [1.82, 2.24) is 4.90 Å². The van der Waals surface area contributed by atoms with Crippen LogP contribution in [0.2, 0.25) is 0 Å². The van der Waals surface area contributed by atoms with Crippen molar-refractivity contribution in [1.29, 1.82) is 0 Å². The fourth-order valence-electron chi connectivity index (χ4n) is 1.90. The summed E-state index contributed by atoms with van der Waals surface area (Å²) in [6, 6.07) is 0. The molecule has 0 atom stereocenters. The summed E-state index contributed by atoms with van der Waals surface area (Å²) in [5.74, 6) is -0.0542. The molecule has 0 aromatic rings. The molecular formula is C11H21N3O3. The Bertz CT molecular complexity index is 300. The van der Waals surface area contributed by atoms with E-state index in [2.05, 4.69) is 5.16 Å². The molecule has 0 saturated heterocycles. The first kappa shape index (κ1) is 13.8. The van der Waals surface area contributed by atoms with Gasteiger partial charge in [0, 0.05) is 20.2 Å². The van der Waals surface area contributed by atoms with E-state index in [0.717, 1.165) is 19.3 Å². The smallest absolute Gasteiger partial charge is 0.236 e. The number of unbranched alkanes of at least 4 members (excludes halogenated alkanes) is 2. The van der Waals surface area contributed by atoms with Crippen molar-refractivity contribution in [3.05, 3.63) is 0 Å². The predicted octanol–water partition coefficient (Wildman–Crippen LogP) is 0.134. The fraction of sp³-hybridized carbons (Fsp3) is 0.818. The second kappa shape index (κ2) is 5.86. The van der Waals surface area contributed by atoms with Crippen molar-refractivity contribution in [3.63, 3.8) is 0 Å². The maximum atomic E-state index is 12.1. The molecule has 0 aliphatic heterocycles. The van der Waals surface area contributed by atoms with E-state index < -0.39 is 5.41 Å². The third-order valence-corrected chi connectivity index (χ3v) is 3.26.